The van der Waals surface area contributed by atoms with E-state index in [1.165, 1.54) is 71.3 Å². The lowest BCUT2D eigenvalue weighted by molar-refractivity contribution is 0.657. The summed E-state index contributed by atoms with van der Waals surface area (Å²) >= 11 is 0. The van der Waals surface area contributed by atoms with Gasteiger partial charge in [-0.15, -0.1) is 0 Å². The van der Waals surface area contributed by atoms with Crippen LogP contribution in [0.3, 0.4) is 0 Å². The summed E-state index contributed by atoms with van der Waals surface area (Å²) < 4.78 is 6.86. The fraction of sp³-hybridized carbons (Fsp3) is 0.0732. The summed E-state index contributed by atoms with van der Waals surface area (Å²) in [5.74, 6) is 0. The van der Waals surface area contributed by atoms with E-state index in [0.29, 0.717) is 0 Å². The Labute approximate surface area is 244 Å². The van der Waals surface area contributed by atoms with Gasteiger partial charge in [0, 0.05) is 27.3 Å². The van der Waals surface area contributed by atoms with E-state index in [0.717, 1.165) is 16.7 Å². The standard InChI is InChI=1S/C41H28O/c1-41(2)33-22-11-10-19-30(33)38-34(41)23-24-35-39(38)32-21-12-20-31(40(32)42-35)37-28-17-8-6-15-26(28)36(25-13-4-3-5-14-25)27-16-7-9-18-29(27)37/h3-24H,1-2H3. The molecule has 1 heteroatoms. The van der Waals surface area contributed by atoms with E-state index in [9.17, 15) is 0 Å². The first-order chi connectivity index (χ1) is 20.6. The largest absolute Gasteiger partial charge is 0.455 e. The monoisotopic (exact) mass is 536 g/mol. The van der Waals surface area contributed by atoms with Crippen LogP contribution in [0.1, 0.15) is 25.0 Å². The quantitative estimate of drug-likeness (QED) is 0.200. The lowest BCUT2D eigenvalue weighted by atomic mass is 9.82. The molecule has 8 aromatic rings. The molecule has 1 heterocycles. The summed E-state index contributed by atoms with van der Waals surface area (Å²) in [6.07, 6.45) is 0. The lowest BCUT2D eigenvalue weighted by Crippen LogP contribution is -2.14. The molecule has 9 rings (SSSR count). The average molecular weight is 537 g/mol. The van der Waals surface area contributed by atoms with Crippen molar-refractivity contribution in [2.75, 3.05) is 0 Å². The number of para-hydroxylation sites is 1. The number of hydrogen-bond acceptors (Lipinski definition) is 1. The van der Waals surface area contributed by atoms with Crippen LogP contribution in [-0.2, 0) is 5.41 Å². The molecule has 0 atom stereocenters. The van der Waals surface area contributed by atoms with E-state index in [4.69, 9.17) is 4.42 Å². The summed E-state index contributed by atoms with van der Waals surface area (Å²) in [6, 6.07) is 48.4. The molecule has 0 radical (unpaired) electrons. The van der Waals surface area contributed by atoms with Crippen molar-refractivity contribution in [3.05, 3.63) is 145 Å². The van der Waals surface area contributed by atoms with Crippen molar-refractivity contribution in [1.29, 1.82) is 0 Å². The highest BCUT2D eigenvalue weighted by Gasteiger charge is 2.37. The highest BCUT2D eigenvalue weighted by atomic mass is 16.3. The Morgan fingerprint density at radius 2 is 1.00 bits per heavy atom. The van der Waals surface area contributed by atoms with Gasteiger partial charge in [0.2, 0.25) is 0 Å². The van der Waals surface area contributed by atoms with Crippen molar-refractivity contribution in [2.24, 2.45) is 0 Å². The van der Waals surface area contributed by atoms with Crippen LogP contribution in [0.4, 0.5) is 0 Å². The molecule has 0 saturated heterocycles. The van der Waals surface area contributed by atoms with E-state index < -0.39 is 0 Å². The SMILES string of the molecule is CC1(C)c2ccccc2-c2c1ccc1oc3c(-c4c5ccccc5c(-c5ccccc5)c5ccccc45)cccc3c21. The number of fused-ring (bicyclic) bond motifs is 9. The van der Waals surface area contributed by atoms with Gasteiger partial charge in [-0.1, -0.05) is 141 Å². The van der Waals surface area contributed by atoms with E-state index in [2.05, 4.69) is 147 Å². The molecule has 1 aliphatic carbocycles. The van der Waals surface area contributed by atoms with Crippen molar-refractivity contribution in [3.63, 3.8) is 0 Å². The van der Waals surface area contributed by atoms with Crippen molar-refractivity contribution in [2.45, 2.75) is 19.3 Å². The summed E-state index contributed by atoms with van der Waals surface area (Å²) in [5, 5.41) is 7.37. The molecule has 1 nitrogen and oxygen atoms in total. The maximum Gasteiger partial charge on any atom is 0.143 e. The molecule has 0 amide bonds. The first kappa shape index (κ1) is 23.6. The minimum Gasteiger partial charge on any atom is -0.455 e. The van der Waals surface area contributed by atoms with Crippen molar-refractivity contribution in [1.82, 2.24) is 0 Å². The fourth-order valence-corrected chi connectivity index (χ4v) is 7.61. The van der Waals surface area contributed by atoms with Gasteiger partial charge in [0.15, 0.2) is 0 Å². The topological polar surface area (TPSA) is 13.1 Å². The summed E-state index contributed by atoms with van der Waals surface area (Å²) in [5.41, 5.74) is 12.1. The van der Waals surface area contributed by atoms with Gasteiger partial charge < -0.3 is 4.42 Å². The minimum atomic E-state index is -0.0546. The Morgan fingerprint density at radius 1 is 0.429 bits per heavy atom. The third-order valence-corrected chi connectivity index (χ3v) is 9.47. The highest BCUT2D eigenvalue weighted by Crippen LogP contribution is 2.54. The molecule has 7 aromatic carbocycles. The Balaban J connectivity index is 1.42. The zero-order valence-corrected chi connectivity index (χ0v) is 23.6. The van der Waals surface area contributed by atoms with Crippen LogP contribution in [0.15, 0.2) is 138 Å². The summed E-state index contributed by atoms with van der Waals surface area (Å²) in [4.78, 5) is 0. The number of rotatable bonds is 2. The molecule has 0 spiro atoms. The van der Waals surface area contributed by atoms with Gasteiger partial charge in [-0.2, -0.15) is 0 Å². The molecular formula is C41H28O. The summed E-state index contributed by atoms with van der Waals surface area (Å²) in [6.45, 7) is 4.67. The van der Waals surface area contributed by atoms with Crippen molar-refractivity contribution >= 4 is 43.5 Å². The van der Waals surface area contributed by atoms with Gasteiger partial charge in [0.25, 0.3) is 0 Å². The predicted octanol–water partition coefficient (Wildman–Crippen LogP) is 11.5. The van der Waals surface area contributed by atoms with Gasteiger partial charge >= 0.3 is 0 Å². The van der Waals surface area contributed by atoms with Crippen LogP contribution in [0.25, 0.3) is 76.9 Å². The molecule has 42 heavy (non-hydrogen) atoms. The van der Waals surface area contributed by atoms with Crippen LogP contribution < -0.4 is 0 Å². The van der Waals surface area contributed by atoms with Gasteiger partial charge in [-0.3, -0.25) is 0 Å². The minimum absolute atomic E-state index is 0.0546. The van der Waals surface area contributed by atoms with Crippen LogP contribution in [0.5, 0.6) is 0 Å². The van der Waals surface area contributed by atoms with E-state index in [1.54, 1.807) is 0 Å². The Kier molecular flexibility index (Phi) is 4.73. The zero-order valence-electron chi connectivity index (χ0n) is 23.6. The highest BCUT2D eigenvalue weighted by molar-refractivity contribution is 6.25. The normalized spacial score (nSPS) is 13.7. The second-order valence-corrected chi connectivity index (χ2v) is 12.0. The second-order valence-electron chi connectivity index (χ2n) is 12.0. The van der Waals surface area contributed by atoms with Crippen molar-refractivity contribution in [3.8, 4) is 33.4 Å². The van der Waals surface area contributed by atoms with Gasteiger partial charge in [0.1, 0.15) is 11.2 Å². The van der Waals surface area contributed by atoms with Gasteiger partial charge in [0.05, 0.1) is 0 Å². The van der Waals surface area contributed by atoms with E-state index >= 15 is 0 Å². The first-order valence-corrected chi connectivity index (χ1v) is 14.7. The number of hydrogen-bond donors (Lipinski definition) is 0. The number of furan rings is 1. The smallest absolute Gasteiger partial charge is 0.143 e. The molecule has 198 valence electrons. The second kappa shape index (κ2) is 8.44. The molecule has 0 aliphatic heterocycles. The Hall–Kier alpha value is -5.14. The Bertz CT molecular complexity index is 2310. The van der Waals surface area contributed by atoms with Gasteiger partial charge in [-0.05, 0) is 61.0 Å². The molecule has 0 bridgehead atoms. The van der Waals surface area contributed by atoms with E-state index in [-0.39, 0.29) is 5.41 Å². The van der Waals surface area contributed by atoms with Crippen LogP contribution in [0, 0.1) is 0 Å². The third kappa shape index (κ3) is 3.03. The lowest BCUT2D eigenvalue weighted by Gasteiger charge is -2.21. The summed E-state index contributed by atoms with van der Waals surface area (Å²) in [7, 11) is 0. The third-order valence-electron chi connectivity index (χ3n) is 9.47. The van der Waals surface area contributed by atoms with E-state index in [1.807, 2.05) is 0 Å². The number of benzene rings is 7. The molecular weight excluding hydrogens is 508 g/mol. The molecule has 0 fully saturated rings. The average Bonchev–Trinajstić information content (AvgIpc) is 3.53. The van der Waals surface area contributed by atoms with Crippen LogP contribution in [-0.4, -0.2) is 0 Å². The van der Waals surface area contributed by atoms with Gasteiger partial charge in [-0.25, -0.2) is 0 Å². The molecule has 1 aromatic heterocycles. The Morgan fingerprint density at radius 3 is 1.71 bits per heavy atom. The maximum absolute atomic E-state index is 6.86. The maximum atomic E-state index is 6.86. The fourth-order valence-electron chi connectivity index (χ4n) is 7.61. The molecule has 0 unspecified atom stereocenters. The van der Waals surface area contributed by atoms with Crippen LogP contribution in [0.2, 0.25) is 0 Å². The van der Waals surface area contributed by atoms with Crippen LogP contribution >= 0.6 is 0 Å². The zero-order chi connectivity index (χ0) is 28.0. The first-order valence-electron chi connectivity index (χ1n) is 14.7. The molecule has 0 saturated carbocycles. The molecule has 1 aliphatic rings. The van der Waals surface area contributed by atoms with Crippen molar-refractivity contribution < 1.29 is 4.42 Å². The predicted molar refractivity (Wildman–Crippen MR) is 177 cm³/mol. The molecule has 0 N–H and O–H groups in total.